The number of anilines is 1. The van der Waals surface area contributed by atoms with Gasteiger partial charge in [0.1, 0.15) is 0 Å². The number of aromatic nitrogens is 1. The van der Waals surface area contributed by atoms with Gasteiger partial charge in [-0.05, 0) is 44.9 Å². The van der Waals surface area contributed by atoms with E-state index < -0.39 is 0 Å². The van der Waals surface area contributed by atoms with Crippen LogP contribution < -0.4 is 10.2 Å². The maximum Gasteiger partial charge on any atom is 0.0637 e. The number of nitrogens with one attached hydrogen (secondary N) is 1. The van der Waals surface area contributed by atoms with Gasteiger partial charge in [-0.3, -0.25) is 4.98 Å². The van der Waals surface area contributed by atoms with Crippen molar-refractivity contribution < 1.29 is 4.74 Å². The number of hydrogen-bond acceptors (Lipinski definition) is 4. The van der Waals surface area contributed by atoms with E-state index in [9.17, 15) is 0 Å². The van der Waals surface area contributed by atoms with Crippen molar-refractivity contribution in [2.75, 3.05) is 32.2 Å². The maximum atomic E-state index is 5.25. The summed E-state index contributed by atoms with van der Waals surface area (Å²) in [4.78, 5) is 6.85. The molecule has 0 saturated heterocycles. The molecule has 1 saturated carbocycles. The zero-order valence-corrected chi connectivity index (χ0v) is 12.2. The number of rotatable bonds is 8. The highest BCUT2D eigenvalue weighted by atomic mass is 16.5. The van der Waals surface area contributed by atoms with Gasteiger partial charge in [-0.2, -0.15) is 0 Å². The molecule has 1 aromatic heterocycles. The number of pyridine rings is 1. The number of nitrogens with zero attached hydrogens (tertiary/aromatic N) is 2. The van der Waals surface area contributed by atoms with Crippen LogP contribution in [-0.4, -0.2) is 38.3 Å². The minimum atomic E-state index is 0.583. The van der Waals surface area contributed by atoms with Crippen LogP contribution in [0.2, 0.25) is 0 Å². The zero-order valence-electron chi connectivity index (χ0n) is 12.2. The Hall–Kier alpha value is -1.13. The Kier molecular flexibility index (Phi) is 5.16. The molecular formula is C15H25N3O. The molecule has 2 rings (SSSR count). The van der Waals surface area contributed by atoms with Crippen LogP contribution in [0.1, 0.15) is 25.5 Å². The minimum Gasteiger partial charge on any atom is -0.383 e. The van der Waals surface area contributed by atoms with Crippen molar-refractivity contribution >= 4 is 5.69 Å². The lowest BCUT2D eigenvalue weighted by molar-refractivity contribution is 0.202. The summed E-state index contributed by atoms with van der Waals surface area (Å²) in [5.41, 5.74) is 2.35. The van der Waals surface area contributed by atoms with E-state index in [1.165, 1.54) is 18.5 Å². The summed E-state index contributed by atoms with van der Waals surface area (Å²) in [6, 6.07) is 4.87. The molecule has 1 atom stereocenters. The predicted molar refractivity (Wildman–Crippen MR) is 78.4 cm³/mol. The van der Waals surface area contributed by atoms with Crippen molar-refractivity contribution in [3.8, 4) is 0 Å². The normalized spacial score (nSPS) is 16.4. The van der Waals surface area contributed by atoms with Gasteiger partial charge >= 0.3 is 0 Å². The van der Waals surface area contributed by atoms with Crippen LogP contribution in [0.4, 0.5) is 5.69 Å². The molecule has 1 aromatic rings. The van der Waals surface area contributed by atoms with Gasteiger partial charge < -0.3 is 15.0 Å². The maximum absolute atomic E-state index is 5.25. The Morgan fingerprint density at radius 2 is 2.32 bits per heavy atom. The zero-order chi connectivity index (χ0) is 13.7. The lowest BCUT2D eigenvalue weighted by Crippen LogP contribution is -2.37. The second kappa shape index (κ2) is 6.87. The van der Waals surface area contributed by atoms with Crippen LogP contribution in [0, 0.1) is 5.92 Å². The molecule has 106 valence electrons. The van der Waals surface area contributed by atoms with Crippen LogP contribution in [0.25, 0.3) is 0 Å². The molecule has 1 N–H and O–H groups in total. The molecule has 1 aliphatic carbocycles. The Morgan fingerprint density at radius 3 is 2.95 bits per heavy atom. The van der Waals surface area contributed by atoms with Crippen LogP contribution in [0.5, 0.6) is 0 Å². The van der Waals surface area contributed by atoms with E-state index >= 15 is 0 Å². The summed E-state index contributed by atoms with van der Waals surface area (Å²) in [5.74, 6) is 0.845. The van der Waals surface area contributed by atoms with Gasteiger partial charge in [0.25, 0.3) is 0 Å². The number of ether oxygens (including phenoxy) is 1. The van der Waals surface area contributed by atoms with Gasteiger partial charge in [0.2, 0.25) is 0 Å². The van der Waals surface area contributed by atoms with Gasteiger partial charge in [-0.1, -0.05) is 0 Å². The molecule has 0 spiro atoms. The van der Waals surface area contributed by atoms with Gasteiger partial charge in [0.05, 0.1) is 12.3 Å². The molecule has 19 heavy (non-hydrogen) atoms. The van der Waals surface area contributed by atoms with Crippen LogP contribution in [0.15, 0.2) is 18.3 Å². The van der Waals surface area contributed by atoms with Crippen LogP contribution in [0.3, 0.4) is 0 Å². The first kappa shape index (κ1) is 14.3. The lowest BCUT2D eigenvalue weighted by atomic mass is 10.1. The van der Waals surface area contributed by atoms with Crippen molar-refractivity contribution in [1.82, 2.24) is 10.3 Å². The molecule has 0 aromatic carbocycles. The van der Waals surface area contributed by atoms with Crippen molar-refractivity contribution in [2.45, 2.75) is 32.4 Å². The molecular weight excluding hydrogens is 238 g/mol. The third-order valence-corrected chi connectivity index (χ3v) is 3.82. The molecule has 4 heteroatoms. The molecule has 0 aliphatic heterocycles. The smallest absolute Gasteiger partial charge is 0.0637 e. The molecule has 0 radical (unpaired) electrons. The average molecular weight is 263 g/mol. The van der Waals surface area contributed by atoms with E-state index in [0.29, 0.717) is 6.04 Å². The predicted octanol–water partition coefficient (Wildman–Crippen LogP) is 2.05. The van der Waals surface area contributed by atoms with Crippen LogP contribution in [-0.2, 0) is 11.3 Å². The van der Waals surface area contributed by atoms with Gasteiger partial charge in [-0.15, -0.1) is 0 Å². The SMILES string of the molecule is CNCc1cc(N(CCOC)C(C)C2CC2)ccn1. The Balaban J connectivity index is 2.13. The Labute approximate surface area is 116 Å². The van der Waals surface area contributed by atoms with Gasteiger partial charge in [0, 0.05) is 38.1 Å². The molecule has 4 nitrogen and oxygen atoms in total. The minimum absolute atomic E-state index is 0.583. The van der Waals surface area contributed by atoms with E-state index in [0.717, 1.165) is 31.3 Å². The third kappa shape index (κ3) is 3.91. The summed E-state index contributed by atoms with van der Waals surface area (Å²) >= 11 is 0. The molecule has 1 aliphatic rings. The van der Waals surface area contributed by atoms with E-state index in [1.807, 2.05) is 13.2 Å². The Morgan fingerprint density at radius 1 is 1.53 bits per heavy atom. The highest BCUT2D eigenvalue weighted by molar-refractivity contribution is 5.48. The summed E-state index contributed by atoms with van der Waals surface area (Å²) in [6.07, 6.45) is 4.62. The van der Waals surface area contributed by atoms with Crippen molar-refractivity contribution in [2.24, 2.45) is 5.92 Å². The van der Waals surface area contributed by atoms with Crippen molar-refractivity contribution in [3.05, 3.63) is 24.0 Å². The van der Waals surface area contributed by atoms with Crippen molar-refractivity contribution in [3.63, 3.8) is 0 Å². The van der Waals surface area contributed by atoms with E-state index in [-0.39, 0.29) is 0 Å². The summed E-state index contributed by atoms with van der Waals surface area (Å²) in [5, 5.41) is 3.15. The first-order valence-corrected chi connectivity index (χ1v) is 7.11. The monoisotopic (exact) mass is 263 g/mol. The highest BCUT2D eigenvalue weighted by Crippen LogP contribution is 2.36. The second-order valence-electron chi connectivity index (χ2n) is 5.30. The third-order valence-electron chi connectivity index (χ3n) is 3.82. The fourth-order valence-corrected chi connectivity index (χ4v) is 2.51. The van der Waals surface area contributed by atoms with Gasteiger partial charge in [0.15, 0.2) is 0 Å². The van der Waals surface area contributed by atoms with Crippen LogP contribution >= 0.6 is 0 Å². The molecule has 1 fully saturated rings. The Bertz CT molecular complexity index is 393. The largest absolute Gasteiger partial charge is 0.383 e. The number of hydrogen-bond donors (Lipinski definition) is 1. The average Bonchev–Trinajstić information content (AvgIpc) is 3.24. The summed E-state index contributed by atoms with van der Waals surface area (Å²) in [7, 11) is 3.71. The standard InChI is InChI=1S/C15H25N3O/c1-12(13-4-5-13)18(8-9-19-3)15-6-7-17-14(10-15)11-16-2/h6-7,10,12-13,16H,4-5,8-9,11H2,1-3H3. The second-order valence-corrected chi connectivity index (χ2v) is 5.30. The topological polar surface area (TPSA) is 37.4 Å². The first-order valence-electron chi connectivity index (χ1n) is 7.11. The van der Waals surface area contributed by atoms with Gasteiger partial charge in [-0.25, -0.2) is 0 Å². The van der Waals surface area contributed by atoms with E-state index in [2.05, 4.69) is 34.3 Å². The van der Waals surface area contributed by atoms with E-state index in [4.69, 9.17) is 4.74 Å². The van der Waals surface area contributed by atoms with Crippen molar-refractivity contribution in [1.29, 1.82) is 0 Å². The molecule has 1 heterocycles. The number of methoxy groups -OCH3 is 1. The fraction of sp³-hybridized carbons (Fsp3) is 0.667. The lowest BCUT2D eigenvalue weighted by Gasteiger charge is -2.31. The molecule has 1 unspecified atom stereocenters. The summed E-state index contributed by atoms with van der Waals surface area (Å²) < 4.78 is 5.25. The quantitative estimate of drug-likeness (QED) is 0.779. The molecule has 0 bridgehead atoms. The molecule has 0 amide bonds. The summed E-state index contributed by atoms with van der Waals surface area (Å²) in [6.45, 7) is 4.84. The fourth-order valence-electron chi connectivity index (χ4n) is 2.51. The first-order chi connectivity index (χ1) is 9.26. The van der Waals surface area contributed by atoms with E-state index in [1.54, 1.807) is 7.11 Å². The highest BCUT2D eigenvalue weighted by Gasteiger charge is 2.32.